The number of nitrogens with zero attached hydrogens (tertiary/aromatic N) is 1. The van der Waals surface area contributed by atoms with Gasteiger partial charge in [0.15, 0.2) is 0 Å². The molecule has 0 aliphatic carbocycles. The highest BCUT2D eigenvalue weighted by molar-refractivity contribution is 5.49. The molecule has 1 aromatic rings. The highest BCUT2D eigenvalue weighted by Crippen LogP contribution is 2.30. The molecule has 0 saturated carbocycles. The fourth-order valence-electron chi connectivity index (χ4n) is 3.52. The number of amides is 1. The Labute approximate surface area is 135 Å². The summed E-state index contributed by atoms with van der Waals surface area (Å²) in [6, 6.07) is 6.92. The van der Waals surface area contributed by atoms with Gasteiger partial charge in [0.1, 0.15) is 0 Å². The molecule has 1 N–H and O–H groups in total. The van der Waals surface area contributed by atoms with Gasteiger partial charge < -0.3 is 10.2 Å². The van der Waals surface area contributed by atoms with Crippen LogP contribution < -0.4 is 5.32 Å². The SMILES string of the molecule is CCCC(C)N(C=O)Cc1c(C)cccc1C1CCNCC1. The highest BCUT2D eigenvalue weighted by atomic mass is 16.1. The molecule has 0 bridgehead atoms. The van der Waals surface area contributed by atoms with E-state index in [0.717, 1.165) is 38.9 Å². The second-order valence-electron chi connectivity index (χ2n) is 6.58. The van der Waals surface area contributed by atoms with Crippen molar-refractivity contribution < 1.29 is 4.79 Å². The van der Waals surface area contributed by atoms with Crippen molar-refractivity contribution in [2.75, 3.05) is 13.1 Å². The molecule has 0 aromatic heterocycles. The van der Waals surface area contributed by atoms with Crippen molar-refractivity contribution in [1.82, 2.24) is 10.2 Å². The van der Waals surface area contributed by atoms with Crippen molar-refractivity contribution in [2.24, 2.45) is 0 Å². The van der Waals surface area contributed by atoms with Crippen molar-refractivity contribution in [2.45, 2.75) is 65.0 Å². The minimum Gasteiger partial charge on any atom is -0.338 e. The first-order chi connectivity index (χ1) is 10.7. The lowest BCUT2D eigenvalue weighted by atomic mass is 9.85. The molecule has 1 unspecified atom stereocenters. The maximum absolute atomic E-state index is 11.5. The first-order valence-corrected chi connectivity index (χ1v) is 8.67. The van der Waals surface area contributed by atoms with Crippen molar-refractivity contribution in [3.63, 3.8) is 0 Å². The van der Waals surface area contributed by atoms with Crippen molar-refractivity contribution >= 4 is 6.41 Å². The van der Waals surface area contributed by atoms with Crippen LogP contribution in [0.4, 0.5) is 0 Å². The van der Waals surface area contributed by atoms with E-state index in [4.69, 9.17) is 0 Å². The number of carbonyl (C=O) groups is 1. The standard InChI is InChI=1S/C19H30N2O/c1-4-6-16(3)21(14-22)13-19-15(2)7-5-8-18(19)17-9-11-20-12-10-17/h5,7-8,14,16-17,20H,4,6,9-13H2,1-3H3. The van der Waals surface area contributed by atoms with Crippen LogP contribution in [0, 0.1) is 6.92 Å². The third kappa shape index (κ3) is 4.10. The summed E-state index contributed by atoms with van der Waals surface area (Å²) in [6.45, 7) is 9.45. The Hall–Kier alpha value is -1.35. The molecule has 122 valence electrons. The first-order valence-electron chi connectivity index (χ1n) is 8.67. The molecule has 1 saturated heterocycles. The summed E-state index contributed by atoms with van der Waals surface area (Å²) in [4.78, 5) is 13.5. The van der Waals surface area contributed by atoms with Gasteiger partial charge in [0, 0.05) is 12.6 Å². The fourth-order valence-corrected chi connectivity index (χ4v) is 3.52. The monoisotopic (exact) mass is 302 g/mol. The van der Waals surface area contributed by atoms with Crippen molar-refractivity contribution in [3.05, 3.63) is 34.9 Å². The molecule has 1 fully saturated rings. The third-order valence-corrected chi connectivity index (χ3v) is 4.97. The van der Waals surface area contributed by atoms with Crippen LogP contribution in [0.2, 0.25) is 0 Å². The van der Waals surface area contributed by atoms with Crippen molar-refractivity contribution in [1.29, 1.82) is 0 Å². The average molecular weight is 302 g/mol. The minimum atomic E-state index is 0.308. The van der Waals surface area contributed by atoms with Crippen LogP contribution in [-0.2, 0) is 11.3 Å². The molecule has 3 heteroatoms. The van der Waals surface area contributed by atoms with Crippen molar-refractivity contribution in [3.8, 4) is 0 Å². The maximum atomic E-state index is 11.5. The largest absolute Gasteiger partial charge is 0.338 e. The van der Waals surface area contributed by atoms with E-state index in [0.29, 0.717) is 12.0 Å². The van der Waals surface area contributed by atoms with E-state index in [9.17, 15) is 4.79 Å². The molecule has 1 aliphatic rings. The topological polar surface area (TPSA) is 32.3 Å². The molecule has 1 atom stereocenters. The Morgan fingerprint density at radius 1 is 1.36 bits per heavy atom. The van der Waals surface area contributed by atoms with Gasteiger partial charge in [-0.1, -0.05) is 31.5 Å². The molecule has 22 heavy (non-hydrogen) atoms. The summed E-state index contributed by atoms with van der Waals surface area (Å²) in [7, 11) is 0. The summed E-state index contributed by atoms with van der Waals surface area (Å²) >= 11 is 0. The van der Waals surface area contributed by atoms with Gasteiger partial charge in [0.25, 0.3) is 0 Å². The second kappa shape index (κ2) is 8.33. The average Bonchev–Trinajstić information content (AvgIpc) is 2.54. The number of hydrogen-bond acceptors (Lipinski definition) is 2. The van der Waals surface area contributed by atoms with E-state index < -0.39 is 0 Å². The summed E-state index contributed by atoms with van der Waals surface area (Å²) < 4.78 is 0. The lowest BCUT2D eigenvalue weighted by molar-refractivity contribution is -0.120. The van der Waals surface area contributed by atoms with E-state index in [1.807, 2.05) is 4.90 Å². The third-order valence-electron chi connectivity index (χ3n) is 4.97. The predicted octanol–water partition coefficient (Wildman–Crippen LogP) is 3.61. The van der Waals surface area contributed by atoms with Gasteiger partial charge in [-0.25, -0.2) is 0 Å². The van der Waals surface area contributed by atoms with Gasteiger partial charge in [0.05, 0.1) is 0 Å². The number of benzene rings is 1. The molecule has 0 spiro atoms. The molecule has 1 heterocycles. The number of nitrogens with one attached hydrogen (secondary N) is 1. The predicted molar refractivity (Wildman–Crippen MR) is 92.0 cm³/mol. The number of aryl methyl sites for hydroxylation is 1. The number of carbonyl (C=O) groups excluding carboxylic acids is 1. The summed E-state index contributed by atoms with van der Waals surface area (Å²) in [5, 5.41) is 3.44. The number of piperidine rings is 1. The normalized spacial score (nSPS) is 17.2. The first kappa shape index (κ1) is 17.0. The molecule has 2 rings (SSSR count). The molecule has 3 nitrogen and oxygen atoms in total. The summed E-state index contributed by atoms with van der Waals surface area (Å²) in [5.74, 6) is 0.631. The van der Waals surface area contributed by atoms with Gasteiger partial charge in [-0.3, -0.25) is 4.79 Å². The molecule has 1 aliphatic heterocycles. The van der Waals surface area contributed by atoms with Crippen LogP contribution in [0.5, 0.6) is 0 Å². The number of hydrogen-bond donors (Lipinski definition) is 1. The molecule has 1 aromatic carbocycles. The van der Waals surface area contributed by atoms with Gasteiger partial charge in [-0.15, -0.1) is 0 Å². The lowest BCUT2D eigenvalue weighted by Gasteiger charge is -2.30. The van der Waals surface area contributed by atoms with Crippen LogP contribution in [0.3, 0.4) is 0 Å². The summed E-state index contributed by atoms with van der Waals surface area (Å²) in [5.41, 5.74) is 4.13. The van der Waals surface area contributed by atoms with Gasteiger partial charge in [-0.2, -0.15) is 0 Å². The van der Waals surface area contributed by atoms with Crippen LogP contribution in [-0.4, -0.2) is 30.4 Å². The summed E-state index contributed by atoms with van der Waals surface area (Å²) in [6.07, 6.45) is 5.59. The Morgan fingerprint density at radius 2 is 2.09 bits per heavy atom. The van der Waals surface area contributed by atoms with Gasteiger partial charge in [-0.05, 0) is 68.8 Å². The van der Waals surface area contributed by atoms with Gasteiger partial charge in [0.2, 0.25) is 6.41 Å². The molecule has 0 radical (unpaired) electrons. The molecular formula is C19H30N2O. The smallest absolute Gasteiger partial charge is 0.210 e. The van der Waals surface area contributed by atoms with Crippen LogP contribution in [0.25, 0.3) is 0 Å². The molecule has 1 amide bonds. The van der Waals surface area contributed by atoms with E-state index in [2.05, 4.69) is 44.3 Å². The lowest BCUT2D eigenvalue weighted by Crippen LogP contribution is -2.32. The van der Waals surface area contributed by atoms with E-state index in [1.165, 1.54) is 29.5 Å². The quantitative estimate of drug-likeness (QED) is 0.780. The van der Waals surface area contributed by atoms with Crippen LogP contribution in [0.15, 0.2) is 18.2 Å². The zero-order valence-electron chi connectivity index (χ0n) is 14.3. The van der Waals surface area contributed by atoms with E-state index in [1.54, 1.807) is 0 Å². The van der Waals surface area contributed by atoms with Crippen LogP contribution in [0.1, 0.15) is 62.1 Å². The zero-order valence-corrected chi connectivity index (χ0v) is 14.3. The maximum Gasteiger partial charge on any atom is 0.210 e. The molecular weight excluding hydrogens is 272 g/mol. The van der Waals surface area contributed by atoms with Crippen LogP contribution >= 0.6 is 0 Å². The Morgan fingerprint density at radius 3 is 2.73 bits per heavy atom. The Bertz CT molecular complexity index is 480. The van der Waals surface area contributed by atoms with E-state index in [-0.39, 0.29) is 0 Å². The Balaban J connectivity index is 2.22. The highest BCUT2D eigenvalue weighted by Gasteiger charge is 2.21. The fraction of sp³-hybridized carbons (Fsp3) is 0.632. The van der Waals surface area contributed by atoms with E-state index >= 15 is 0 Å². The zero-order chi connectivity index (χ0) is 15.9. The Kier molecular flexibility index (Phi) is 6.44. The second-order valence-corrected chi connectivity index (χ2v) is 6.58. The minimum absolute atomic E-state index is 0.308. The van der Waals surface area contributed by atoms with Gasteiger partial charge >= 0.3 is 0 Å². The number of rotatable bonds is 7.